The zero-order chi connectivity index (χ0) is 21.0. The van der Waals surface area contributed by atoms with Crippen molar-refractivity contribution in [2.24, 2.45) is 0 Å². The van der Waals surface area contributed by atoms with Crippen LogP contribution in [0.4, 0.5) is 0 Å². The van der Waals surface area contributed by atoms with Gasteiger partial charge in [-0.3, -0.25) is 15.0 Å². The molecule has 0 aliphatic rings. The van der Waals surface area contributed by atoms with Crippen molar-refractivity contribution in [3.8, 4) is 17.2 Å². The zero-order valence-electron chi connectivity index (χ0n) is 16.8. The summed E-state index contributed by atoms with van der Waals surface area (Å²) < 4.78 is 17.1. The fraction of sp³-hybridized carbons (Fsp3) is 0.350. The van der Waals surface area contributed by atoms with Gasteiger partial charge in [-0.25, -0.2) is 9.66 Å². The molecule has 0 radical (unpaired) electrons. The van der Waals surface area contributed by atoms with Crippen LogP contribution in [-0.2, 0) is 17.6 Å². The average Bonchev–Trinajstić information content (AvgIpc) is 3.17. The van der Waals surface area contributed by atoms with E-state index in [1.54, 1.807) is 12.1 Å². The molecule has 1 aromatic carbocycles. The van der Waals surface area contributed by atoms with Gasteiger partial charge in [0.05, 0.1) is 26.7 Å². The highest BCUT2D eigenvalue weighted by Crippen LogP contribution is 2.38. The van der Waals surface area contributed by atoms with Crippen LogP contribution in [0.15, 0.2) is 29.3 Å². The summed E-state index contributed by atoms with van der Waals surface area (Å²) in [5.74, 6) is 1.25. The number of ether oxygens (including phenoxy) is 3. The molecule has 0 aliphatic carbocycles. The molecule has 0 bridgehead atoms. The van der Waals surface area contributed by atoms with E-state index in [4.69, 9.17) is 14.2 Å². The van der Waals surface area contributed by atoms with E-state index in [2.05, 4.69) is 10.4 Å². The van der Waals surface area contributed by atoms with Gasteiger partial charge in [-0.05, 0) is 36.6 Å². The van der Waals surface area contributed by atoms with Crippen molar-refractivity contribution >= 4 is 27.5 Å². The number of methoxy groups -OCH3 is 3. The van der Waals surface area contributed by atoms with Crippen molar-refractivity contribution in [3.05, 3.63) is 45.3 Å². The first kappa shape index (κ1) is 20.7. The summed E-state index contributed by atoms with van der Waals surface area (Å²) in [7, 11) is 4.61. The normalized spacial score (nSPS) is 10.8. The molecule has 3 aromatic rings. The number of amides is 1. The molecule has 1 N–H and O–H groups in total. The molecular formula is C20H23N3O5S. The van der Waals surface area contributed by atoms with Crippen LogP contribution >= 0.6 is 11.3 Å². The number of carbonyl (C=O) groups is 1. The fourth-order valence-corrected chi connectivity index (χ4v) is 3.88. The maximum Gasteiger partial charge on any atom is 0.280 e. The molecule has 1 amide bonds. The van der Waals surface area contributed by atoms with E-state index in [0.717, 1.165) is 21.5 Å². The zero-order valence-corrected chi connectivity index (χ0v) is 17.6. The average molecular weight is 417 g/mol. The Balaban J connectivity index is 1.73. The second-order valence-electron chi connectivity index (χ2n) is 6.27. The molecule has 29 heavy (non-hydrogen) atoms. The van der Waals surface area contributed by atoms with Crippen molar-refractivity contribution < 1.29 is 19.0 Å². The van der Waals surface area contributed by atoms with Crippen LogP contribution in [0.25, 0.3) is 10.2 Å². The van der Waals surface area contributed by atoms with Gasteiger partial charge in [0.1, 0.15) is 11.2 Å². The number of nitrogens with one attached hydrogen (secondary N) is 1. The Kier molecular flexibility index (Phi) is 6.38. The Labute approximate surface area is 172 Å². The Bertz CT molecular complexity index is 1060. The Morgan fingerprint density at radius 3 is 2.41 bits per heavy atom. The fourth-order valence-electron chi connectivity index (χ4n) is 2.95. The van der Waals surface area contributed by atoms with Gasteiger partial charge >= 0.3 is 0 Å². The number of fused-ring (bicyclic) bond motifs is 1. The first-order valence-corrected chi connectivity index (χ1v) is 9.91. The van der Waals surface area contributed by atoms with Crippen molar-refractivity contribution in [3.63, 3.8) is 0 Å². The van der Waals surface area contributed by atoms with Crippen LogP contribution in [0.1, 0.15) is 23.8 Å². The quantitative estimate of drug-likeness (QED) is 0.606. The second-order valence-corrected chi connectivity index (χ2v) is 7.39. The van der Waals surface area contributed by atoms with E-state index in [9.17, 15) is 9.59 Å². The van der Waals surface area contributed by atoms with E-state index in [0.29, 0.717) is 33.9 Å². The first-order chi connectivity index (χ1) is 14.0. The Morgan fingerprint density at radius 1 is 1.14 bits per heavy atom. The highest BCUT2D eigenvalue weighted by molar-refractivity contribution is 7.18. The van der Waals surface area contributed by atoms with Crippen molar-refractivity contribution in [1.82, 2.24) is 9.66 Å². The number of carbonyl (C=O) groups excluding carboxylic acids is 1. The van der Waals surface area contributed by atoms with Crippen molar-refractivity contribution in [2.45, 2.75) is 26.2 Å². The molecular weight excluding hydrogens is 394 g/mol. The summed E-state index contributed by atoms with van der Waals surface area (Å²) in [5.41, 5.74) is 3.16. The van der Waals surface area contributed by atoms with Crippen LogP contribution in [-0.4, -0.2) is 36.9 Å². The number of rotatable bonds is 8. The van der Waals surface area contributed by atoms with Crippen molar-refractivity contribution in [2.75, 3.05) is 26.8 Å². The third kappa shape index (κ3) is 4.34. The lowest BCUT2D eigenvalue weighted by Crippen LogP contribution is -2.33. The number of hydrogen-bond donors (Lipinski definition) is 1. The van der Waals surface area contributed by atoms with Gasteiger partial charge in [0.2, 0.25) is 11.7 Å². The highest BCUT2D eigenvalue weighted by Gasteiger charge is 2.15. The first-order valence-electron chi connectivity index (χ1n) is 9.09. The Morgan fingerprint density at radius 2 is 1.83 bits per heavy atom. The van der Waals surface area contributed by atoms with Crippen LogP contribution in [0.5, 0.6) is 17.2 Å². The molecule has 0 atom stereocenters. The third-order valence-electron chi connectivity index (χ3n) is 4.46. The van der Waals surface area contributed by atoms with Gasteiger partial charge < -0.3 is 14.2 Å². The largest absolute Gasteiger partial charge is 0.493 e. The van der Waals surface area contributed by atoms with E-state index in [1.807, 2.05) is 13.0 Å². The summed E-state index contributed by atoms with van der Waals surface area (Å²) in [6, 6.07) is 5.42. The molecule has 0 spiro atoms. The Hall–Kier alpha value is -3.07. The minimum absolute atomic E-state index is 0.174. The lowest BCUT2D eigenvalue weighted by Gasteiger charge is -2.14. The number of aromatic nitrogens is 2. The molecule has 0 aliphatic heterocycles. The standard InChI is InChI=1S/C20H23N3O5S/c1-5-13-10-14-19(29-13)21-11-23(20(14)25)22-17(24)7-6-12-8-15(26-2)18(28-4)16(9-12)27-3/h8-11H,5-7H2,1-4H3,(H,22,24). The minimum atomic E-state index is -0.298. The number of benzene rings is 1. The summed E-state index contributed by atoms with van der Waals surface area (Å²) in [6.45, 7) is 2.02. The number of aryl methyl sites for hydroxylation is 2. The lowest BCUT2D eigenvalue weighted by molar-refractivity contribution is -0.117. The molecule has 0 fully saturated rings. The molecule has 2 aromatic heterocycles. The number of nitrogens with zero attached hydrogens (tertiary/aromatic N) is 2. The van der Waals surface area contributed by atoms with Gasteiger partial charge in [0.25, 0.3) is 5.56 Å². The van der Waals surface area contributed by atoms with Crippen LogP contribution in [0.3, 0.4) is 0 Å². The molecule has 0 unspecified atom stereocenters. The summed E-state index contributed by atoms with van der Waals surface area (Å²) in [4.78, 5) is 31.0. The lowest BCUT2D eigenvalue weighted by atomic mass is 10.1. The summed E-state index contributed by atoms with van der Waals surface area (Å²) >= 11 is 1.49. The SMILES string of the molecule is CCc1cc2c(=O)n(NC(=O)CCc3cc(OC)c(OC)c(OC)c3)cnc2s1. The number of thiophene rings is 1. The van der Waals surface area contributed by atoms with Gasteiger partial charge in [0, 0.05) is 11.3 Å². The monoisotopic (exact) mass is 417 g/mol. The second kappa shape index (κ2) is 8.95. The van der Waals surface area contributed by atoms with Gasteiger partial charge in [0.15, 0.2) is 11.5 Å². The van der Waals surface area contributed by atoms with E-state index < -0.39 is 0 Å². The van der Waals surface area contributed by atoms with E-state index in [-0.39, 0.29) is 17.9 Å². The molecule has 2 heterocycles. The van der Waals surface area contributed by atoms with E-state index >= 15 is 0 Å². The third-order valence-corrected chi connectivity index (χ3v) is 5.65. The molecule has 9 heteroatoms. The predicted octanol–water partition coefficient (Wildman–Crippen LogP) is 2.75. The smallest absolute Gasteiger partial charge is 0.280 e. The van der Waals surface area contributed by atoms with Crippen LogP contribution in [0.2, 0.25) is 0 Å². The maximum atomic E-state index is 12.6. The molecule has 0 saturated carbocycles. The summed E-state index contributed by atoms with van der Waals surface area (Å²) in [5, 5.41) is 0.513. The minimum Gasteiger partial charge on any atom is -0.493 e. The van der Waals surface area contributed by atoms with Crippen molar-refractivity contribution in [1.29, 1.82) is 0 Å². The molecule has 0 saturated heterocycles. The van der Waals surface area contributed by atoms with Gasteiger partial charge in [-0.1, -0.05) is 6.92 Å². The number of hydrogen-bond acceptors (Lipinski definition) is 7. The van der Waals surface area contributed by atoms with Crippen LogP contribution < -0.4 is 25.2 Å². The molecule has 8 nitrogen and oxygen atoms in total. The maximum absolute atomic E-state index is 12.6. The van der Waals surface area contributed by atoms with Gasteiger partial charge in [-0.2, -0.15) is 0 Å². The topological polar surface area (TPSA) is 91.7 Å². The van der Waals surface area contributed by atoms with Gasteiger partial charge in [-0.15, -0.1) is 11.3 Å². The van der Waals surface area contributed by atoms with Crippen LogP contribution in [0, 0.1) is 0 Å². The predicted molar refractivity (Wildman–Crippen MR) is 112 cm³/mol. The van der Waals surface area contributed by atoms with E-state index in [1.165, 1.54) is 39.0 Å². The highest BCUT2D eigenvalue weighted by atomic mass is 32.1. The summed E-state index contributed by atoms with van der Waals surface area (Å²) in [6.07, 6.45) is 2.79. The molecule has 3 rings (SSSR count). The molecule has 154 valence electrons.